The van der Waals surface area contributed by atoms with Crippen LogP contribution in [-0.2, 0) is 6.42 Å². The third-order valence-electron chi connectivity index (χ3n) is 12.1. The van der Waals surface area contributed by atoms with Gasteiger partial charge in [-0.2, -0.15) is 0 Å². The fourth-order valence-corrected chi connectivity index (χ4v) is 8.42. The summed E-state index contributed by atoms with van der Waals surface area (Å²) in [5.41, 5.74) is 13.6. The van der Waals surface area contributed by atoms with E-state index >= 15 is 0 Å². The van der Waals surface area contributed by atoms with Crippen LogP contribution in [0.5, 0.6) is 5.75 Å². The number of fused-ring (bicyclic) bond motifs is 1. The Kier molecular flexibility index (Phi) is 14.5. The maximum Gasteiger partial charge on any atom is 0.147 e. The van der Waals surface area contributed by atoms with Crippen LogP contribution in [0.3, 0.4) is 0 Å². The summed E-state index contributed by atoms with van der Waals surface area (Å²) < 4.78 is 6.94. The number of ether oxygens (including phenoxy) is 1. The molecule has 0 aromatic heterocycles. The minimum Gasteiger partial charge on any atom is -0.484 e. The molecule has 0 amide bonds. The van der Waals surface area contributed by atoms with Gasteiger partial charge in [0.05, 0.1) is 23.7 Å². The standard InChI is InChI=1S/C59H56N2O2.C2H6/c1-39-16-12-25-50(36-39)60(45(7)22-14-21-43(5)42(4)20-11-18-41(3)38-62)54-34-30-47-29-33-53-55(35-31-48-28-32-52(54)57(47)58(48)53)61(51-26-13-17-40(2)37-51)56-27-15-24-49-23-10-9-19-44(6)46(8)63-59(49)56;1-2/h9-22,24-37,46,62H,4,7,23,38H2,1-3,5-6,8H3;1-2H3/b10-9-,20-11-,22-14-,41-18-,43-21+,44-19-;. The second-order valence-corrected chi connectivity index (χ2v) is 16.8. The average molecular weight is 855 g/mol. The summed E-state index contributed by atoms with van der Waals surface area (Å²) >= 11 is 0. The molecule has 1 atom stereocenters. The van der Waals surface area contributed by atoms with Gasteiger partial charge < -0.3 is 19.6 Å². The molecule has 8 rings (SSSR count). The van der Waals surface area contributed by atoms with E-state index in [1.165, 1.54) is 38.2 Å². The Morgan fingerprint density at radius 3 is 1.98 bits per heavy atom. The lowest BCUT2D eigenvalue weighted by Gasteiger charge is -2.31. The minimum atomic E-state index is -0.0979. The first kappa shape index (κ1) is 45.9. The summed E-state index contributed by atoms with van der Waals surface area (Å²) in [4.78, 5) is 4.66. The van der Waals surface area contributed by atoms with E-state index in [-0.39, 0.29) is 12.7 Å². The van der Waals surface area contributed by atoms with Crippen LogP contribution < -0.4 is 14.5 Å². The van der Waals surface area contributed by atoms with E-state index in [1.54, 1.807) is 0 Å². The number of aliphatic hydroxyl groups is 1. The quantitative estimate of drug-likeness (QED) is 0.0981. The van der Waals surface area contributed by atoms with E-state index in [2.05, 4.69) is 203 Å². The zero-order chi connectivity index (χ0) is 46.2. The van der Waals surface area contributed by atoms with Crippen LogP contribution in [0.4, 0.5) is 28.4 Å². The van der Waals surface area contributed by atoms with E-state index in [9.17, 15) is 5.11 Å². The fraction of sp³-hybridized carbons (Fsp3) is 0.180. The highest BCUT2D eigenvalue weighted by molar-refractivity contribution is 6.28. The molecule has 1 aliphatic rings. The molecule has 1 N–H and O–H groups in total. The third-order valence-corrected chi connectivity index (χ3v) is 12.1. The van der Waals surface area contributed by atoms with Gasteiger partial charge in [-0.3, -0.25) is 0 Å². The number of benzene rings is 7. The van der Waals surface area contributed by atoms with Crippen molar-refractivity contribution < 1.29 is 9.84 Å². The number of rotatable bonds is 12. The molecular weight excluding hydrogens is 793 g/mol. The molecule has 7 aromatic carbocycles. The van der Waals surface area contributed by atoms with Gasteiger partial charge in [-0.15, -0.1) is 0 Å². The second kappa shape index (κ2) is 20.6. The molecule has 0 saturated carbocycles. The molecule has 1 aliphatic heterocycles. The summed E-state index contributed by atoms with van der Waals surface area (Å²) in [7, 11) is 0. The first-order valence-electron chi connectivity index (χ1n) is 22.8. The highest BCUT2D eigenvalue weighted by Gasteiger charge is 2.25. The second-order valence-electron chi connectivity index (χ2n) is 16.8. The zero-order valence-corrected chi connectivity index (χ0v) is 39.3. The van der Waals surface area contributed by atoms with Crippen LogP contribution in [0.15, 0.2) is 211 Å². The van der Waals surface area contributed by atoms with Gasteiger partial charge in [-0.25, -0.2) is 0 Å². The molecule has 65 heavy (non-hydrogen) atoms. The Morgan fingerprint density at radius 2 is 1.31 bits per heavy atom. The largest absolute Gasteiger partial charge is 0.484 e. The molecule has 1 heterocycles. The van der Waals surface area contributed by atoms with Gasteiger partial charge in [0.1, 0.15) is 11.9 Å². The van der Waals surface area contributed by atoms with Crippen LogP contribution in [0.2, 0.25) is 0 Å². The summed E-state index contributed by atoms with van der Waals surface area (Å²) in [6, 6.07) is 42.0. The van der Waals surface area contributed by atoms with Crippen LogP contribution in [0.1, 0.15) is 58.2 Å². The first-order valence-corrected chi connectivity index (χ1v) is 22.8. The maximum atomic E-state index is 9.35. The van der Waals surface area contributed by atoms with Crippen molar-refractivity contribution in [1.82, 2.24) is 0 Å². The average Bonchev–Trinajstić information content (AvgIpc) is 3.38. The number of anilines is 5. The van der Waals surface area contributed by atoms with Crippen LogP contribution in [0, 0.1) is 13.8 Å². The van der Waals surface area contributed by atoms with Gasteiger partial charge in [0.2, 0.25) is 0 Å². The van der Waals surface area contributed by atoms with Crippen LogP contribution in [0.25, 0.3) is 32.3 Å². The van der Waals surface area contributed by atoms with Crippen molar-refractivity contribution in [2.24, 2.45) is 0 Å². The van der Waals surface area contributed by atoms with Crippen molar-refractivity contribution in [2.75, 3.05) is 16.4 Å². The summed E-state index contributed by atoms with van der Waals surface area (Å²) in [5, 5.41) is 16.4. The molecular formula is C61H62N2O2. The lowest BCUT2D eigenvalue weighted by Crippen LogP contribution is -2.18. The number of aryl methyl sites for hydroxylation is 2. The maximum absolute atomic E-state index is 9.35. The van der Waals surface area contributed by atoms with Gasteiger partial charge in [0.25, 0.3) is 0 Å². The van der Waals surface area contributed by atoms with Gasteiger partial charge in [0, 0.05) is 33.4 Å². The van der Waals surface area contributed by atoms with Crippen LogP contribution >= 0.6 is 0 Å². The molecule has 7 aromatic rings. The van der Waals surface area contributed by atoms with E-state index < -0.39 is 0 Å². The number of aliphatic hydroxyl groups excluding tert-OH is 1. The Bertz CT molecular complexity index is 3060. The number of hydrogen-bond donors (Lipinski definition) is 1. The van der Waals surface area contributed by atoms with Crippen molar-refractivity contribution in [3.8, 4) is 5.75 Å². The normalized spacial score (nSPS) is 15.7. The van der Waals surface area contributed by atoms with Crippen molar-refractivity contribution in [3.05, 3.63) is 228 Å². The molecule has 1 unspecified atom stereocenters. The SMILES string of the molecule is C=C(/C=C\C=C(\C)CO)/C(C)=C/C=C\C(=C)N(c1cccc(C)c1)c1ccc2ccc3c(N(c4cccc(C)c4)c4cccc5c4OC(C)/C(C)=C\C=C/C5)ccc4ccc1c2c43.CC. The molecule has 0 spiro atoms. The molecule has 4 heteroatoms. The highest BCUT2D eigenvalue weighted by atomic mass is 16.5. The summed E-state index contributed by atoms with van der Waals surface area (Å²) in [6.07, 6.45) is 19.2. The number of hydrogen-bond acceptors (Lipinski definition) is 4. The van der Waals surface area contributed by atoms with Crippen LogP contribution in [-0.4, -0.2) is 17.8 Å². The lowest BCUT2D eigenvalue weighted by atomic mass is 9.91. The molecule has 0 fully saturated rings. The van der Waals surface area contributed by atoms with Crippen molar-refractivity contribution >= 4 is 60.8 Å². The van der Waals surface area contributed by atoms with Crippen molar-refractivity contribution in [2.45, 2.75) is 67.9 Å². The van der Waals surface area contributed by atoms with Gasteiger partial charge in [-0.05, 0) is 151 Å². The monoisotopic (exact) mass is 854 g/mol. The Morgan fingerprint density at radius 1 is 0.708 bits per heavy atom. The Hall–Kier alpha value is -7.14. The Balaban J connectivity index is 0.00000311. The minimum absolute atomic E-state index is 0.0368. The van der Waals surface area contributed by atoms with E-state index in [0.717, 1.165) is 79.4 Å². The fourth-order valence-electron chi connectivity index (χ4n) is 8.42. The number of nitrogens with zero attached hydrogens (tertiary/aromatic N) is 2. The molecule has 0 saturated heterocycles. The smallest absolute Gasteiger partial charge is 0.147 e. The predicted molar refractivity (Wildman–Crippen MR) is 282 cm³/mol. The Labute approximate surface area is 386 Å². The van der Waals surface area contributed by atoms with Crippen molar-refractivity contribution in [1.29, 1.82) is 0 Å². The zero-order valence-electron chi connectivity index (χ0n) is 39.3. The molecule has 0 bridgehead atoms. The summed E-state index contributed by atoms with van der Waals surface area (Å²) in [5.74, 6) is 0.898. The molecule has 0 radical (unpaired) electrons. The summed E-state index contributed by atoms with van der Waals surface area (Å²) in [6.45, 7) is 25.5. The number of allylic oxidation sites excluding steroid dienone is 11. The lowest BCUT2D eigenvalue weighted by molar-refractivity contribution is 0.256. The molecule has 4 nitrogen and oxygen atoms in total. The van der Waals surface area contributed by atoms with E-state index in [4.69, 9.17) is 4.74 Å². The topological polar surface area (TPSA) is 35.9 Å². The molecule has 0 aliphatic carbocycles. The predicted octanol–water partition coefficient (Wildman–Crippen LogP) is 16.7. The molecule has 328 valence electrons. The van der Waals surface area contributed by atoms with Gasteiger partial charge in [0.15, 0.2) is 0 Å². The van der Waals surface area contributed by atoms with E-state index in [0.29, 0.717) is 0 Å². The third kappa shape index (κ3) is 9.84. The highest BCUT2D eigenvalue weighted by Crippen LogP contribution is 2.49. The van der Waals surface area contributed by atoms with Gasteiger partial charge >= 0.3 is 0 Å². The number of para-hydroxylation sites is 1. The van der Waals surface area contributed by atoms with Crippen molar-refractivity contribution in [3.63, 3.8) is 0 Å². The first-order chi connectivity index (χ1) is 31.5. The van der Waals surface area contributed by atoms with E-state index in [1.807, 2.05) is 45.1 Å². The van der Waals surface area contributed by atoms with Gasteiger partial charge in [-0.1, -0.05) is 148 Å².